The number of carbonyl (C=O) groups excluding carboxylic acids is 1. The van der Waals surface area contributed by atoms with Gasteiger partial charge in [-0.3, -0.25) is 9.69 Å². The lowest BCUT2D eigenvalue weighted by atomic mass is 10.0. The molecule has 0 saturated carbocycles. The van der Waals surface area contributed by atoms with E-state index in [1.54, 1.807) is 0 Å². The first kappa shape index (κ1) is 10.4. The van der Waals surface area contributed by atoms with Gasteiger partial charge in [-0.2, -0.15) is 0 Å². The maximum absolute atomic E-state index is 11.2. The fraction of sp³-hybridized carbons (Fsp3) is 0.462. The van der Waals surface area contributed by atoms with Gasteiger partial charge in [-0.05, 0) is 12.5 Å². The Labute approximate surface area is 90.9 Å². The first-order valence-corrected chi connectivity index (χ1v) is 5.55. The number of piperidine rings is 1. The number of Topliss-reactive ketones (excluding diaryl/α,β-unsaturated/α-hetero) is 1. The molecule has 1 aromatic carbocycles. The van der Waals surface area contributed by atoms with Crippen LogP contribution in [0.15, 0.2) is 30.3 Å². The zero-order chi connectivity index (χ0) is 10.7. The number of ketones is 1. The summed E-state index contributed by atoms with van der Waals surface area (Å²) in [4.78, 5) is 13.6. The van der Waals surface area contributed by atoms with Gasteiger partial charge in [-0.25, -0.2) is 0 Å². The maximum atomic E-state index is 11.2. The van der Waals surface area contributed by atoms with E-state index in [0.717, 1.165) is 19.5 Å². The van der Waals surface area contributed by atoms with Crippen molar-refractivity contribution in [1.82, 2.24) is 4.90 Å². The molecule has 0 aromatic heterocycles. The highest BCUT2D eigenvalue weighted by Crippen LogP contribution is 2.16. The molecule has 0 amide bonds. The third kappa shape index (κ3) is 2.66. The monoisotopic (exact) mass is 203 g/mol. The minimum absolute atomic E-state index is 0.395. The van der Waals surface area contributed by atoms with Gasteiger partial charge in [0.15, 0.2) is 0 Å². The Bertz CT molecular complexity index is 334. The van der Waals surface area contributed by atoms with Gasteiger partial charge < -0.3 is 0 Å². The van der Waals surface area contributed by atoms with E-state index in [-0.39, 0.29) is 0 Å². The van der Waals surface area contributed by atoms with Crippen LogP contribution in [0.5, 0.6) is 0 Å². The van der Waals surface area contributed by atoms with E-state index in [1.165, 1.54) is 5.56 Å². The molecular formula is C13H17NO. The van der Waals surface area contributed by atoms with Crippen LogP contribution >= 0.6 is 0 Å². The molecule has 15 heavy (non-hydrogen) atoms. The molecule has 0 bridgehead atoms. The first-order chi connectivity index (χ1) is 7.25. The molecule has 2 rings (SSSR count). The molecular weight excluding hydrogens is 186 g/mol. The van der Waals surface area contributed by atoms with Crippen molar-refractivity contribution in [3.05, 3.63) is 35.9 Å². The van der Waals surface area contributed by atoms with Crippen molar-refractivity contribution in [2.24, 2.45) is 0 Å². The lowest BCUT2D eigenvalue weighted by Crippen LogP contribution is -2.40. The van der Waals surface area contributed by atoms with Crippen LogP contribution in [0, 0.1) is 0 Å². The van der Waals surface area contributed by atoms with E-state index in [0.29, 0.717) is 18.2 Å². The van der Waals surface area contributed by atoms with Crippen molar-refractivity contribution in [3.63, 3.8) is 0 Å². The van der Waals surface area contributed by atoms with Crippen LogP contribution in [0.1, 0.15) is 25.3 Å². The zero-order valence-corrected chi connectivity index (χ0v) is 9.15. The van der Waals surface area contributed by atoms with Gasteiger partial charge in [0.05, 0.1) is 0 Å². The van der Waals surface area contributed by atoms with Crippen molar-refractivity contribution in [3.8, 4) is 0 Å². The lowest BCUT2D eigenvalue weighted by Gasteiger charge is -2.32. The summed E-state index contributed by atoms with van der Waals surface area (Å²) in [6.45, 7) is 4.02. The summed E-state index contributed by atoms with van der Waals surface area (Å²) in [5.41, 5.74) is 1.33. The SMILES string of the molecule is C[C@@H]1CC(=O)CCN1Cc1ccccc1. The van der Waals surface area contributed by atoms with Gasteiger partial charge in [-0.1, -0.05) is 30.3 Å². The third-order valence-corrected chi connectivity index (χ3v) is 3.05. The van der Waals surface area contributed by atoms with Crippen molar-refractivity contribution in [2.75, 3.05) is 6.54 Å². The molecule has 80 valence electrons. The summed E-state index contributed by atoms with van der Waals surface area (Å²) < 4.78 is 0. The summed E-state index contributed by atoms with van der Waals surface area (Å²) in [5, 5.41) is 0. The fourth-order valence-electron chi connectivity index (χ4n) is 2.10. The Balaban J connectivity index is 1.98. The fourth-order valence-corrected chi connectivity index (χ4v) is 2.10. The van der Waals surface area contributed by atoms with Gasteiger partial charge in [0.1, 0.15) is 5.78 Å². The summed E-state index contributed by atoms with van der Waals surface area (Å²) in [6.07, 6.45) is 1.43. The number of hydrogen-bond donors (Lipinski definition) is 0. The van der Waals surface area contributed by atoms with Crippen molar-refractivity contribution < 1.29 is 4.79 Å². The number of hydrogen-bond acceptors (Lipinski definition) is 2. The van der Waals surface area contributed by atoms with Crippen molar-refractivity contribution >= 4 is 5.78 Å². The minimum Gasteiger partial charge on any atom is -0.300 e. The Morgan fingerprint density at radius 2 is 2.07 bits per heavy atom. The maximum Gasteiger partial charge on any atom is 0.135 e. The zero-order valence-electron chi connectivity index (χ0n) is 9.15. The molecule has 0 aliphatic carbocycles. The van der Waals surface area contributed by atoms with Gasteiger partial charge in [-0.15, -0.1) is 0 Å². The lowest BCUT2D eigenvalue weighted by molar-refractivity contribution is -0.123. The van der Waals surface area contributed by atoms with Gasteiger partial charge >= 0.3 is 0 Å². The Morgan fingerprint density at radius 1 is 1.33 bits per heavy atom. The van der Waals surface area contributed by atoms with Crippen molar-refractivity contribution in [2.45, 2.75) is 32.4 Å². The summed E-state index contributed by atoms with van der Waals surface area (Å²) in [7, 11) is 0. The molecule has 1 aromatic rings. The average Bonchev–Trinajstić information content (AvgIpc) is 2.24. The Morgan fingerprint density at radius 3 is 2.73 bits per heavy atom. The van der Waals surface area contributed by atoms with E-state index >= 15 is 0 Å². The van der Waals surface area contributed by atoms with Crippen LogP contribution in [0.3, 0.4) is 0 Å². The summed E-state index contributed by atoms with van der Waals surface area (Å²) in [6, 6.07) is 10.8. The molecule has 0 N–H and O–H groups in total. The highest BCUT2D eigenvalue weighted by Gasteiger charge is 2.22. The van der Waals surface area contributed by atoms with Crippen LogP contribution in [0.4, 0.5) is 0 Å². The van der Waals surface area contributed by atoms with Gasteiger partial charge in [0, 0.05) is 32.0 Å². The van der Waals surface area contributed by atoms with Crippen LogP contribution in [0.2, 0.25) is 0 Å². The molecule has 2 nitrogen and oxygen atoms in total. The van der Waals surface area contributed by atoms with Crippen LogP contribution in [0.25, 0.3) is 0 Å². The second-order valence-corrected chi connectivity index (χ2v) is 4.30. The number of nitrogens with zero attached hydrogens (tertiary/aromatic N) is 1. The second-order valence-electron chi connectivity index (χ2n) is 4.30. The summed E-state index contributed by atoms with van der Waals surface area (Å²) >= 11 is 0. The molecule has 1 saturated heterocycles. The van der Waals surface area contributed by atoms with E-state index in [4.69, 9.17) is 0 Å². The third-order valence-electron chi connectivity index (χ3n) is 3.05. The predicted molar refractivity (Wildman–Crippen MR) is 60.6 cm³/mol. The van der Waals surface area contributed by atoms with E-state index in [1.807, 2.05) is 6.07 Å². The van der Waals surface area contributed by atoms with E-state index < -0.39 is 0 Å². The standard InChI is InChI=1S/C13H17NO/c1-11-9-13(15)7-8-14(11)10-12-5-3-2-4-6-12/h2-6,11H,7-10H2,1H3/t11-/m1/s1. The van der Waals surface area contributed by atoms with Gasteiger partial charge in [0.25, 0.3) is 0 Å². The number of benzene rings is 1. The molecule has 1 atom stereocenters. The van der Waals surface area contributed by atoms with Gasteiger partial charge in [0.2, 0.25) is 0 Å². The van der Waals surface area contributed by atoms with Crippen molar-refractivity contribution in [1.29, 1.82) is 0 Å². The molecule has 0 spiro atoms. The molecule has 1 fully saturated rings. The highest BCUT2D eigenvalue weighted by atomic mass is 16.1. The second kappa shape index (κ2) is 4.58. The molecule has 1 aliphatic rings. The topological polar surface area (TPSA) is 20.3 Å². The smallest absolute Gasteiger partial charge is 0.135 e. The normalized spacial score (nSPS) is 23.0. The minimum atomic E-state index is 0.395. The average molecular weight is 203 g/mol. The number of likely N-dealkylation sites (tertiary alicyclic amines) is 1. The Kier molecular flexibility index (Phi) is 3.17. The molecule has 0 radical (unpaired) electrons. The Hall–Kier alpha value is -1.15. The highest BCUT2D eigenvalue weighted by molar-refractivity contribution is 5.79. The number of rotatable bonds is 2. The predicted octanol–water partition coefficient (Wildman–Crippen LogP) is 2.24. The quantitative estimate of drug-likeness (QED) is 0.734. The molecule has 1 heterocycles. The first-order valence-electron chi connectivity index (χ1n) is 5.55. The molecule has 2 heteroatoms. The van der Waals surface area contributed by atoms with Crippen LogP contribution < -0.4 is 0 Å². The van der Waals surface area contributed by atoms with E-state index in [2.05, 4.69) is 36.1 Å². The van der Waals surface area contributed by atoms with Crippen LogP contribution in [-0.2, 0) is 11.3 Å². The summed E-state index contributed by atoms with van der Waals surface area (Å²) in [5.74, 6) is 0.409. The molecule has 1 aliphatic heterocycles. The van der Waals surface area contributed by atoms with E-state index in [9.17, 15) is 4.79 Å². The largest absolute Gasteiger partial charge is 0.300 e. The number of carbonyl (C=O) groups is 1. The van der Waals surface area contributed by atoms with Crippen LogP contribution in [-0.4, -0.2) is 23.3 Å². The molecule has 0 unspecified atom stereocenters.